The van der Waals surface area contributed by atoms with Gasteiger partial charge in [0.25, 0.3) is 6.47 Å². The van der Waals surface area contributed by atoms with Crippen LogP contribution < -0.4 is 0 Å². The smallest absolute Gasteiger partial charge is 0.290 e. The van der Waals surface area contributed by atoms with Gasteiger partial charge in [0.2, 0.25) is 0 Å². The number of ketones is 1. The minimum atomic E-state index is -1.14. The standard InChI is InChI=1S/C21H18ClFO2S.CH2O2/c1-3-13-9-14-5-6-15(23)11-18(14)19(10-13)21(24)17-8-7-16(12-20(17)22)26(25)4-2;2-1-3/h5-12H,3-4H2,1-2H3;1H,(H,2,3). The summed E-state index contributed by atoms with van der Waals surface area (Å²) in [6.07, 6.45) is 0.760. The fourth-order valence-electron chi connectivity index (χ4n) is 2.92. The number of halogens is 2. The predicted molar refractivity (Wildman–Crippen MR) is 114 cm³/mol. The molecule has 29 heavy (non-hydrogen) atoms. The molecule has 0 aliphatic heterocycles. The summed E-state index contributed by atoms with van der Waals surface area (Å²) in [5.41, 5.74) is 1.74. The van der Waals surface area contributed by atoms with E-state index in [-0.39, 0.29) is 17.3 Å². The van der Waals surface area contributed by atoms with Gasteiger partial charge in [0.15, 0.2) is 5.78 Å². The lowest BCUT2D eigenvalue weighted by Crippen LogP contribution is -2.05. The molecule has 0 radical (unpaired) electrons. The highest BCUT2D eigenvalue weighted by Gasteiger charge is 2.18. The largest absolute Gasteiger partial charge is 0.483 e. The van der Waals surface area contributed by atoms with Gasteiger partial charge in [-0.05, 0) is 59.2 Å². The van der Waals surface area contributed by atoms with Gasteiger partial charge in [0.1, 0.15) is 5.82 Å². The van der Waals surface area contributed by atoms with Crippen molar-refractivity contribution < 1.29 is 23.3 Å². The first-order valence-electron chi connectivity index (χ1n) is 8.88. The minimum Gasteiger partial charge on any atom is -0.483 e. The molecule has 0 amide bonds. The van der Waals surface area contributed by atoms with Gasteiger partial charge in [-0.25, -0.2) is 4.39 Å². The van der Waals surface area contributed by atoms with Gasteiger partial charge >= 0.3 is 0 Å². The van der Waals surface area contributed by atoms with Crippen molar-refractivity contribution in [1.29, 1.82) is 0 Å². The summed E-state index contributed by atoms with van der Waals surface area (Å²) in [5, 5.41) is 8.51. The van der Waals surface area contributed by atoms with E-state index in [0.29, 0.717) is 27.2 Å². The lowest BCUT2D eigenvalue weighted by atomic mass is 9.94. The van der Waals surface area contributed by atoms with Crippen LogP contribution in [0.5, 0.6) is 0 Å². The number of aryl methyl sites for hydroxylation is 1. The van der Waals surface area contributed by atoms with Crippen LogP contribution in [0.25, 0.3) is 10.8 Å². The highest BCUT2D eigenvalue weighted by Crippen LogP contribution is 2.28. The Bertz CT molecular complexity index is 1080. The van der Waals surface area contributed by atoms with Gasteiger partial charge in [-0.1, -0.05) is 37.6 Å². The van der Waals surface area contributed by atoms with E-state index in [0.717, 1.165) is 17.4 Å². The fraction of sp³-hybridized carbons (Fsp3) is 0.182. The molecule has 0 spiro atoms. The van der Waals surface area contributed by atoms with E-state index >= 15 is 0 Å². The van der Waals surface area contributed by atoms with Gasteiger partial charge in [-0.2, -0.15) is 0 Å². The van der Waals surface area contributed by atoms with E-state index in [4.69, 9.17) is 21.5 Å². The minimum absolute atomic E-state index is 0.250. The molecular weight excluding hydrogens is 415 g/mol. The lowest BCUT2D eigenvalue weighted by Gasteiger charge is -2.11. The summed E-state index contributed by atoms with van der Waals surface area (Å²) >= 11 is 6.30. The highest BCUT2D eigenvalue weighted by atomic mass is 35.5. The number of carbonyl (C=O) groups is 2. The molecule has 3 aromatic rings. The van der Waals surface area contributed by atoms with E-state index in [1.54, 1.807) is 30.3 Å². The van der Waals surface area contributed by atoms with Crippen LogP contribution in [-0.2, 0) is 22.0 Å². The van der Waals surface area contributed by atoms with Crippen LogP contribution in [0.15, 0.2) is 53.4 Å². The molecule has 7 heteroatoms. The summed E-state index contributed by atoms with van der Waals surface area (Å²) in [6.45, 7) is 3.57. The van der Waals surface area contributed by atoms with Crippen molar-refractivity contribution >= 4 is 45.4 Å². The molecule has 0 saturated heterocycles. The zero-order chi connectivity index (χ0) is 21.6. The summed E-state index contributed by atoms with van der Waals surface area (Å²) in [6, 6.07) is 13.0. The molecule has 0 saturated carbocycles. The van der Waals surface area contributed by atoms with Crippen molar-refractivity contribution in [3.63, 3.8) is 0 Å². The Balaban J connectivity index is 0.000000941. The maximum Gasteiger partial charge on any atom is 0.290 e. The van der Waals surface area contributed by atoms with Crippen molar-refractivity contribution in [2.75, 3.05) is 5.75 Å². The molecule has 0 aromatic heterocycles. The molecule has 152 valence electrons. The molecule has 0 heterocycles. The average Bonchev–Trinajstić information content (AvgIpc) is 2.72. The summed E-state index contributed by atoms with van der Waals surface area (Å²) < 4.78 is 25.7. The third-order valence-corrected chi connectivity index (χ3v) is 5.96. The van der Waals surface area contributed by atoms with Gasteiger partial charge in [0, 0.05) is 21.8 Å². The van der Waals surface area contributed by atoms with Crippen LogP contribution in [0.1, 0.15) is 35.3 Å². The average molecular weight is 435 g/mol. The molecule has 3 aromatic carbocycles. The van der Waals surface area contributed by atoms with Gasteiger partial charge < -0.3 is 5.11 Å². The first-order chi connectivity index (χ1) is 13.9. The molecule has 1 unspecified atom stereocenters. The maximum atomic E-state index is 13.8. The Morgan fingerprint density at radius 1 is 1.10 bits per heavy atom. The van der Waals surface area contributed by atoms with Crippen molar-refractivity contribution in [3.05, 3.63) is 76.1 Å². The Morgan fingerprint density at radius 2 is 1.79 bits per heavy atom. The van der Waals surface area contributed by atoms with E-state index in [2.05, 4.69) is 0 Å². The highest BCUT2D eigenvalue weighted by molar-refractivity contribution is 7.85. The second kappa shape index (κ2) is 10.3. The molecular formula is C22H20ClFO4S. The molecule has 0 aliphatic rings. The first kappa shape index (κ1) is 22.7. The summed E-state index contributed by atoms with van der Waals surface area (Å²) in [7, 11) is -1.14. The number of fused-ring (bicyclic) bond motifs is 1. The topological polar surface area (TPSA) is 71.4 Å². The van der Waals surface area contributed by atoms with Crippen LogP contribution in [-0.4, -0.2) is 27.3 Å². The fourth-order valence-corrected chi connectivity index (χ4v) is 4.05. The first-order valence-corrected chi connectivity index (χ1v) is 10.6. The van der Waals surface area contributed by atoms with Crippen LogP contribution in [0.3, 0.4) is 0 Å². The number of carbonyl (C=O) groups excluding carboxylic acids is 1. The second-order valence-corrected chi connectivity index (χ2v) is 8.22. The number of hydrogen-bond donors (Lipinski definition) is 1. The molecule has 0 fully saturated rings. The monoisotopic (exact) mass is 434 g/mol. The zero-order valence-electron chi connectivity index (χ0n) is 15.9. The maximum absolute atomic E-state index is 13.8. The number of hydrogen-bond acceptors (Lipinski definition) is 3. The molecule has 0 aliphatic carbocycles. The van der Waals surface area contributed by atoms with Crippen molar-refractivity contribution in [3.8, 4) is 0 Å². The van der Waals surface area contributed by atoms with Crippen LogP contribution in [0.2, 0.25) is 5.02 Å². The third-order valence-electron chi connectivity index (χ3n) is 4.34. The van der Waals surface area contributed by atoms with Crippen LogP contribution in [0.4, 0.5) is 4.39 Å². The SMILES string of the molecule is CCc1cc(C(=O)c2ccc(S(=O)CC)cc2Cl)c2cc(F)ccc2c1.O=CO. The van der Waals surface area contributed by atoms with E-state index in [1.165, 1.54) is 12.1 Å². The quantitative estimate of drug-likeness (QED) is 0.439. The van der Waals surface area contributed by atoms with Crippen LogP contribution in [0, 0.1) is 5.82 Å². The number of rotatable bonds is 5. The van der Waals surface area contributed by atoms with Crippen molar-refractivity contribution in [2.45, 2.75) is 25.2 Å². The molecule has 0 bridgehead atoms. The molecule has 4 nitrogen and oxygen atoms in total. The third kappa shape index (κ3) is 5.28. The van der Waals surface area contributed by atoms with Crippen molar-refractivity contribution in [1.82, 2.24) is 0 Å². The second-order valence-electron chi connectivity index (χ2n) is 6.07. The molecule has 1 atom stereocenters. The van der Waals surface area contributed by atoms with E-state index in [9.17, 15) is 13.4 Å². The lowest BCUT2D eigenvalue weighted by molar-refractivity contribution is -0.122. The Labute approximate surface area is 175 Å². The number of carboxylic acid groups (broad SMARTS) is 1. The summed E-state index contributed by atoms with van der Waals surface area (Å²) in [5.74, 6) is -0.183. The Hall–Kier alpha value is -2.57. The number of benzene rings is 3. The normalized spacial score (nSPS) is 11.4. The van der Waals surface area contributed by atoms with Gasteiger partial charge in [0.05, 0.1) is 15.8 Å². The predicted octanol–water partition coefficient (Wildman–Crippen LogP) is 5.25. The summed E-state index contributed by atoms with van der Waals surface area (Å²) in [4.78, 5) is 22.1. The van der Waals surface area contributed by atoms with E-state index < -0.39 is 16.6 Å². The van der Waals surface area contributed by atoms with Gasteiger partial charge in [-0.3, -0.25) is 13.8 Å². The van der Waals surface area contributed by atoms with E-state index in [1.807, 2.05) is 19.9 Å². The Morgan fingerprint density at radius 3 is 2.38 bits per heavy atom. The molecule has 1 N–H and O–H groups in total. The Kier molecular flexibility index (Phi) is 8.05. The zero-order valence-corrected chi connectivity index (χ0v) is 17.5. The molecule has 3 rings (SSSR count). The van der Waals surface area contributed by atoms with Gasteiger partial charge in [-0.15, -0.1) is 0 Å². The van der Waals surface area contributed by atoms with Crippen molar-refractivity contribution in [2.24, 2.45) is 0 Å². The van der Waals surface area contributed by atoms with Crippen LogP contribution >= 0.6 is 11.6 Å².